The monoisotopic (exact) mass is 250 g/mol. The Balaban J connectivity index is 2.49. The van der Waals surface area contributed by atoms with Gasteiger partial charge in [-0.2, -0.15) is 0 Å². The van der Waals surface area contributed by atoms with Crippen LogP contribution in [0.25, 0.3) is 0 Å². The standard InChI is InChI=1S/C12H18N4O2/c1-8(2)15-12(17)16-9-3-5-10(6-4-9)18-7-11(13)14/h3-6,8H,7H2,1-2H3,(H3,13,14)(H2,15,16,17). The highest BCUT2D eigenvalue weighted by molar-refractivity contribution is 5.89. The second-order valence-electron chi connectivity index (χ2n) is 4.09. The van der Waals surface area contributed by atoms with Gasteiger partial charge < -0.3 is 21.1 Å². The second kappa shape index (κ2) is 6.48. The number of rotatable bonds is 5. The molecule has 5 N–H and O–H groups in total. The van der Waals surface area contributed by atoms with Crippen molar-refractivity contribution < 1.29 is 9.53 Å². The molecular weight excluding hydrogens is 232 g/mol. The van der Waals surface area contributed by atoms with Crippen molar-refractivity contribution in [3.63, 3.8) is 0 Å². The molecule has 98 valence electrons. The van der Waals surface area contributed by atoms with Crippen LogP contribution < -0.4 is 21.1 Å². The number of carbonyl (C=O) groups is 1. The molecule has 0 aliphatic carbocycles. The number of ether oxygens (including phenoxy) is 1. The first-order valence-corrected chi connectivity index (χ1v) is 5.60. The number of nitrogens with one attached hydrogen (secondary N) is 3. The molecule has 0 fully saturated rings. The summed E-state index contributed by atoms with van der Waals surface area (Å²) >= 11 is 0. The molecule has 2 amide bonds. The van der Waals surface area contributed by atoms with Crippen LogP contribution in [0.4, 0.5) is 10.5 Å². The summed E-state index contributed by atoms with van der Waals surface area (Å²) in [5, 5.41) is 12.4. The Morgan fingerprint density at radius 3 is 2.50 bits per heavy atom. The zero-order valence-electron chi connectivity index (χ0n) is 10.5. The predicted molar refractivity (Wildman–Crippen MR) is 71.1 cm³/mol. The summed E-state index contributed by atoms with van der Waals surface area (Å²) in [5.41, 5.74) is 5.85. The molecule has 0 spiro atoms. The van der Waals surface area contributed by atoms with Gasteiger partial charge in [0.25, 0.3) is 0 Å². The van der Waals surface area contributed by atoms with Crippen molar-refractivity contribution in [1.82, 2.24) is 5.32 Å². The number of urea groups is 1. The summed E-state index contributed by atoms with van der Waals surface area (Å²) in [6, 6.07) is 6.68. The van der Waals surface area contributed by atoms with Gasteiger partial charge in [0.05, 0.1) is 0 Å². The van der Waals surface area contributed by atoms with Gasteiger partial charge in [-0.05, 0) is 38.1 Å². The van der Waals surface area contributed by atoms with Gasteiger partial charge in [0, 0.05) is 11.7 Å². The third-order valence-electron chi connectivity index (χ3n) is 1.93. The number of hydrogen-bond acceptors (Lipinski definition) is 3. The smallest absolute Gasteiger partial charge is 0.319 e. The summed E-state index contributed by atoms with van der Waals surface area (Å²) in [4.78, 5) is 11.4. The highest BCUT2D eigenvalue weighted by atomic mass is 16.5. The molecule has 1 aromatic carbocycles. The molecule has 0 saturated heterocycles. The van der Waals surface area contributed by atoms with Crippen LogP contribution in [-0.4, -0.2) is 24.5 Å². The van der Waals surface area contributed by atoms with Gasteiger partial charge >= 0.3 is 6.03 Å². The van der Waals surface area contributed by atoms with Crippen LogP contribution in [-0.2, 0) is 0 Å². The van der Waals surface area contributed by atoms with Crippen molar-refractivity contribution >= 4 is 17.6 Å². The van der Waals surface area contributed by atoms with Crippen LogP contribution in [0.2, 0.25) is 0 Å². The van der Waals surface area contributed by atoms with Crippen LogP contribution in [0.3, 0.4) is 0 Å². The van der Waals surface area contributed by atoms with Gasteiger partial charge in [0.15, 0.2) is 0 Å². The molecule has 1 rings (SSSR count). The van der Waals surface area contributed by atoms with Gasteiger partial charge in [-0.1, -0.05) is 0 Å². The van der Waals surface area contributed by atoms with E-state index in [1.54, 1.807) is 24.3 Å². The molecule has 0 aliphatic rings. The van der Waals surface area contributed by atoms with E-state index in [2.05, 4.69) is 10.6 Å². The third-order valence-corrected chi connectivity index (χ3v) is 1.93. The van der Waals surface area contributed by atoms with Gasteiger partial charge in [-0.3, -0.25) is 5.41 Å². The first kappa shape index (κ1) is 13.8. The lowest BCUT2D eigenvalue weighted by molar-refractivity contribution is 0.250. The number of amidine groups is 1. The number of amides is 2. The van der Waals surface area contributed by atoms with Gasteiger partial charge in [0.1, 0.15) is 18.2 Å². The highest BCUT2D eigenvalue weighted by Crippen LogP contribution is 2.15. The fourth-order valence-electron chi connectivity index (χ4n) is 1.22. The molecule has 18 heavy (non-hydrogen) atoms. The van der Waals surface area contributed by atoms with Crippen molar-refractivity contribution in [2.24, 2.45) is 5.73 Å². The molecular formula is C12H18N4O2. The minimum atomic E-state index is -0.248. The summed E-state index contributed by atoms with van der Waals surface area (Å²) in [7, 11) is 0. The van der Waals surface area contributed by atoms with E-state index < -0.39 is 0 Å². The van der Waals surface area contributed by atoms with Crippen LogP contribution in [0.5, 0.6) is 5.75 Å². The topological polar surface area (TPSA) is 100 Å². The number of carbonyl (C=O) groups excluding carboxylic acids is 1. The Morgan fingerprint density at radius 2 is 2.00 bits per heavy atom. The number of nitrogens with two attached hydrogens (primary N) is 1. The molecule has 1 aromatic rings. The number of hydrogen-bond donors (Lipinski definition) is 4. The maximum Gasteiger partial charge on any atom is 0.319 e. The Labute approximate surface area is 106 Å². The average molecular weight is 250 g/mol. The first-order valence-electron chi connectivity index (χ1n) is 5.60. The lowest BCUT2D eigenvalue weighted by Crippen LogP contribution is -2.34. The highest BCUT2D eigenvalue weighted by Gasteiger charge is 2.03. The lowest BCUT2D eigenvalue weighted by atomic mass is 10.3. The summed E-state index contributed by atoms with van der Waals surface area (Å²) in [5.74, 6) is 0.563. The number of benzene rings is 1. The van der Waals surface area contributed by atoms with Gasteiger partial charge in [0.2, 0.25) is 0 Å². The minimum Gasteiger partial charge on any atom is -0.486 e. The third kappa shape index (κ3) is 5.20. The fraction of sp³-hybridized carbons (Fsp3) is 0.333. The first-order chi connectivity index (χ1) is 8.47. The molecule has 0 aromatic heterocycles. The van der Waals surface area contributed by atoms with Crippen molar-refractivity contribution in [2.75, 3.05) is 11.9 Å². The van der Waals surface area contributed by atoms with E-state index in [0.717, 1.165) is 0 Å². The predicted octanol–water partition coefficient (Wildman–Crippen LogP) is 1.53. The van der Waals surface area contributed by atoms with Crippen molar-refractivity contribution in [2.45, 2.75) is 19.9 Å². The lowest BCUT2D eigenvalue weighted by Gasteiger charge is -2.10. The van der Waals surface area contributed by atoms with Crippen molar-refractivity contribution in [1.29, 1.82) is 5.41 Å². The zero-order valence-corrected chi connectivity index (χ0v) is 10.5. The van der Waals surface area contributed by atoms with Crippen LogP contribution in [0.15, 0.2) is 24.3 Å². The molecule has 0 unspecified atom stereocenters. The molecule has 6 heteroatoms. The van der Waals surface area contributed by atoms with E-state index >= 15 is 0 Å². The van der Waals surface area contributed by atoms with Gasteiger partial charge in [-0.15, -0.1) is 0 Å². The van der Waals surface area contributed by atoms with Gasteiger partial charge in [-0.25, -0.2) is 4.79 Å². The average Bonchev–Trinajstić information content (AvgIpc) is 2.26. The Hall–Kier alpha value is -2.24. The zero-order chi connectivity index (χ0) is 13.5. The molecule has 0 atom stereocenters. The maximum absolute atomic E-state index is 11.4. The van der Waals surface area contributed by atoms with E-state index in [1.807, 2.05) is 13.8 Å². The molecule has 0 radical (unpaired) electrons. The fourth-order valence-corrected chi connectivity index (χ4v) is 1.22. The Kier molecular flexibility index (Phi) is 4.98. The van der Waals surface area contributed by atoms with Crippen molar-refractivity contribution in [3.05, 3.63) is 24.3 Å². The molecule has 0 bridgehead atoms. The second-order valence-corrected chi connectivity index (χ2v) is 4.09. The quantitative estimate of drug-likeness (QED) is 0.471. The minimum absolute atomic E-state index is 0.0338. The molecule has 0 saturated carbocycles. The summed E-state index contributed by atoms with van der Waals surface area (Å²) < 4.78 is 5.21. The normalized spacial score (nSPS) is 9.94. The summed E-state index contributed by atoms with van der Waals surface area (Å²) in [6.45, 7) is 3.83. The van der Waals surface area contributed by atoms with E-state index in [9.17, 15) is 4.79 Å². The van der Waals surface area contributed by atoms with E-state index in [0.29, 0.717) is 11.4 Å². The SMILES string of the molecule is CC(C)NC(=O)Nc1ccc(OCC(=N)N)cc1. The molecule has 6 nitrogen and oxygen atoms in total. The molecule has 0 heterocycles. The van der Waals surface area contributed by atoms with Crippen LogP contribution in [0.1, 0.15) is 13.8 Å². The Morgan fingerprint density at radius 1 is 1.39 bits per heavy atom. The van der Waals surface area contributed by atoms with E-state index in [4.69, 9.17) is 15.9 Å². The van der Waals surface area contributed by atoms with Crippen LogP contribution >= 0.6 is 0 Å². The maximum atomic E-state index is 11.4. The van der Waals surface area contributed by atoms with Crippen molar-refractivity contribution in [3.8, 4) is 5.75 Å². The summed E-state index contributed by atoms with van der Waals surface area (Å²) in [6.07, 6.45) is 0. The molecule has 0 aliphatic heterocycles. The Bertz CT molecular complexity index is 415. The number of anilines is 1. The van der Waals surface area contributed by atoms with E-state index in [-0.39, 0.29) is 24.5 Å². The van der Waals surface area contributed by atoms with Crippen LogP contribution in [0, 0.1) is 5.41 Å². The van der Waals surface area contributed by atoms with E-state index in [1.165, 1.54) is 0 Å². The largest absolute Gasteiger partial charge is 0.486 e.